The Kier molecular flexibility index (Phi) is 6.35. The smallest absolute Gasteiger partial charge is 0.333 e. The summed E-state index contributed by atoms with van der Waals surface area (Å²) in [7, 11) is 0. The molecule has 0 N–H and O–H groups in total. The Hall–Kier alpha value is -3.08. The van der Waals surface area contributed by atoms with Crippen molar-refractivity contribution in [2.45, 2.75) is 72.0 Å². The van der Waals surface area contributed by atoms with Gasteiger partial charge >= 0.3 is 5.69 Å². The van der Waals surface area contributed by atoms with Crippen molar-refractivity contribution in [3.05, 3.63) is 76.2 Å². The minimum Gasteiger partial charge on any atom is -0.334 e. The number of fused-ring (bicyclic) bond motifs is 1. The average Bonchev–Trinajstić information content (AvgIpc) is 3.04. The monoisotopic (exact) mass is 431 g/mol. The number of rotatable bonds is 6. The number of carbonyl (C=O) groups excluding carboxylic acids is 1. The maximum Gasteiger partial charge on any atom is 0.333 e. The minimum atomic E-state index is -0.200. The Morgan fingerprint density at radius 3 is 2.28 bits per heavy atom. The van der Waals surface area contributed by atoms with Gasteiger partial charge in [0.25, 0.3) is 0 Å². The number of hydrogen-bond donors (Lipinski definition) is 0. The van der Waals surface area contributed by atoms with Gasteiger partial charge in [-0.3, -0.25) is 13.9 Å². The summed E-state index contributed by atoms with van der Waals surface area (Å²) < 4.78 is 3.25. The molecule has 1 aliphatic rings. The van der Waals surface area contributed by atoms with Crippen molar-refractivity contribution < 1.29 is 4.79 Å². The maximum atomic E-state index is 13.7. The van der Waals surface area contributed by atoms with Crippen molar-refractivity contribution in [3.63, 3.8) is 0 Å². The molecule has 0 atom stereocenters. The molecule has 1 fully saturated rings. The normalized spacial score (nSPS) is 14.6. The van der Waals surface area contributed by atoms with Gasteiger partial charge in [0, 0.05) is 18.3 Å². The van der Waals surface area contributed by atoms with Crippen LogP contribution in [0.2, 0.25) is 0 Å². The SMILES string of the molecule is C=C(C)n1c(=O)n(CC(=O)N(Cc2ccccc2)C2CCCCC2)c2cc(C)c(C)cc21. The largest absolute Gasteiger partial charge is 0.334 e. The zero-order valence-electron chi connectivity index (χ0n) is 19.4. The van der Waals surface area contributed by atoms with Crippen LogP contribution in [0.15, 0.2) is 53.8 Å². The molecule has 168 valence electrons. The number of aryl methyl sites for hydroxylation is 2. The molecule has 3 aromatic rings. The van der Waals surface area contributed by atoms with E-state index < -0.39 is 0 Å². The van der Waals surface area contributed by atoms with E-state index >= 15 is 0 Å². The van der Waals surface area contributed by atoms with E-state index in [0.29, 0.717) is 12.2 Å². The number of hydrogen-bond acceptors (Lipinski definition) is 2. The predicted molar refractivity (Wildman–Crippen MR) is 131 cm³/mol. The van der Waals surface area contributed by atoms with E-state index in [2.05, 4.69) is 18.7 Å². The first kappa shape index (κ1) is 22.1. The fourth-order valence-corrected chi connectivity index (χ4v) is 4.85. The quantitative estimate of drug-likeness (QED) is 0.534. The molecule has 5 heteroatoms. The van der Waals surface area contributed by atoms with Crippen LogP contribution in [0.1, 0.15) is 55.7 Å². The maximum absolute atomic E-state index is 13.7. The standard InChI is InChI=1S/C27H33N3O2/c1-19(2)30-25-16-21(4)20(3)15-24(25)29(27(30)32)18-26(31)28(23-13-9-6-10-14-23)17-22-11-7-5-8-12-22/h5,7-8,11-12,15-16,23H,1,6,9-10,13-14,17-18H2,2-4H3. The molecule has 0 unspecified atom stereocenters. The summed E-state index contributed by atoms with van der Waals surface area (Å²) in [5.41, 5.74) is 5.39. The van der Waals surface area contributed by atoms with Crippen LogP contribution in [0.5, 0.6) is 0 Å². The van der Waals surface area contributed by atoms with Gasteiger partial charge in [0.05, 0.1) is 11.0 Å². The second-order valence-electron chi connectivity index (χ2n) is 9.16. The van der Waals surface area contributed by atoms with Crippen LogP contribution in [0, 0.1) is 13.8 Å². The summed E-state index contributed by atoms with van der Waals surface area (Å²) in [4.78, 5) is 29.0. The lowest BCUT2D eigenvalue weighted by molar-refractivity contribution is -0.135. The summed E-state index contributed by atoms with van der Waals surface area (Å²) in [5.74, 6) is 0.00171. The van der Waals surface area contributed by atoms with Gasteiger partial charge in [-0.05, 0) is 62.4 Å². The molecule has 0 bridgehead atoms. The third-order valence-corrected chi connectivity index (χ3v) is 6.75. The highest BCUT2D eigenvalue weighted by Gasteiger charge is 2.27. The van der Waals surface area contributed by atoms with E-state index in [9.17, 15) is 9.59 Å². The third kappa shape index (κ3) is 4.29. The van der Waals surface area contributed by atoms with E-state index in [1.54, 1.807) is 9.13 Å². The number of benzene rings is 2. The number of imidazole rings is 1. The molecule has 4 rings (SSSR count). The summed E-state index contributed by atoms with van der Waals surface area (Å²) in [6, 6.07) is 14.4. The Balaban J connectivity index is 1.73. The van der Waals surface area contributed by atoms with Crippen LogP contribution in [-0.2, 0) is 17.9 Å². The van der Waals surface area contributed by atoms with Crippen molar-refractivity contribution in [3.8, 4) is 0 Å². The first-order valence-electron chi connectivity index (χ1n) is 11.6. The molecule has 2 aromatic carbocycles. The number of amides is 1. The molecule has 1 saturated carbocycles. The van der Waals surface area contributed by atoms with E-state index in [1.807, 2.05) is 56.0 Å². The van der Waals surface area contributed by atoms with Gasteiger partial charge < -0.3 is 4.90 Å². The highest BCUT2D eigenvalue weighted by molar-refractivity contribution is 5.84. The second-order valence-corrected chi connectivity index (χ2v) is 9.16. The predicted octanol–water partition coefficient (Wildman–Crippen LogP) is 5.27. The minimum absolute atomic E-state index is 0.00171. The van der Waals surface area contributed by atoms with Crippen LogP contribution < -0.4 is 5.69 Å². The lowest BCUT2D eigenvalue weighted by Crippen LogP contribution is -2.43. The van der Waals surface area contributed by atoms with Gasteiger partial charge in [-0.2, -0.15) is 0 Å². The summed E-state index contributed by atoms with van der Waals surface area (Å²) in [6.45, 7) is 10.5. The van der Waals surface area contributed by atoms with Crippen molar-refractivity contribution in [1.82, 2.24) is 14.0 Å². The summed E-state index contributed by atoms with van der Waals surface area (Å²) in [5, 5.41) is 0. The van der Waals surface area contributed by atoms with Gasteiger partial charge in [-0.1, -0.05) is 56.2 Å². The first-order chi connectivity index (χ1) is 15.4. The van der Waals surface area contributed by atoms with Crippen molar-refractivity contribution >= 4 is 22.6 Å². The van der Waals surface area contributed by atoms with Gasteiger partial charge in [0.15, 0.2) is 0 Å². The van der Waals surface area contributed by atoms with E-state index in [4.69, 9.17) is 0 Å². The third-order valence-electron chi connectivity index (χ3n) is 6.75. The number of aromatic nitrogens is 2. The van der Waals surface area contributed by atoms with Gasteiger partial charge in [-0.25, -0.2) is 4.79 Å². The Morgan fingerprint density at radius 2 is 1.66 bits per heavy atom. The average molecular weight is 432 g/mol. The molecule has 1 aromatic heterocycles. The molecule has 32 heavy (non-hydrogen) atoms. The lowest BCUT2D eigenvalue weighted by Gasteiger charge is -2.34. The molecule has 0 spiro atoms. The summed E-state index contributed by atoms with van der Waals surface area (Å²) in [6.07, 6.45) is 5.58. The molecule has 0 saturated heterocycles. The number of nitrogens with zero attached hydrogens (tertiary/aromatic N) is 3. The molecule has 0 radical (unpaired) electrons. The first-order valence-corrected chi connectivity index (χ1v) is 11.6. The van der Waals surface area contributed by atoms with Gasteiger partial charge in [0.2, 0.25) is 5.91 Å². The summed E-state index contributed by atoms with van der Waals surface area (Å²) >= 11 is 0. The number of allylic oxidation sites excluding steroid dienone is 1. The molecular formula is C27H33N3O2. The molecular weight excluding hydrogens is 398 g/mol. The van der Waals surface area contributed by atoms with Crippen molar-refractivity contribution in [1.29, 1.82) is 0 Å². The zero-order chi connectivity index (χ0) is 22.8. The van der Waals surface area contributed by atoms with Crippen LogP contribution >= 0.6 is 0 Å². The Labute approximate surface area is 190 Å². The van der Waals surface area contributed by atoms with Crippen LogP contribution in [0.25, 0.3) is 16.7 Å². The molecule has 1 heterocycles. The Bertz CT molecular complexity index is 1200. The molecule has 1 aliphatic carbocycles. The van der Waals surface area contributed by atoms with Crippen LogP contribution in [0.3, 0.4) is 0 Å². The molecule has 1 amide bonds. The van der Waals surface area contributed by atoms with Crippen LogP contribution in [-0.4, -0.2) is 26.0 Å². The second kappa shape index (κ2) is 9.19. The van der Waals surface area contributed by atoms with Crippen LogP contribution in [0.4, 0.5) is 0 Å². The zero-order valence-corrected chi connectivity index (χ0v) is 19.4. The fraction of sp³-hybridized carbons (Fsp3) is 0.407. The highest BCUT2D eigenvalue weighted by atomic mass is 16.2. The number of carbonyl (C=O) groups is 1. The highest BCUT2D eigenvalue weighted by Crippen LogP contribution is 2.26. The fourth-order valence-electron chi connectivity index (χ4n) is 4.85. The molecule has 0 aliphatic heterocycles. The van der Waals surface area contributed by atoms with E-state index in [0.717, 1.165) is 53.4 Å². The molecule has 5 nitrogen and oxygen atoms in total. The van der Waals surface area contributed by atoms with E-state index in [-0.39, 0.29) is 24.2 Å². The van der Waals surface area contributed by atoms with Gasteiger partial charge in [-0.15, -0.1) is 0 Å². The van der Waals surface area contributed by atoms with Crippen molar-refractivity contribution in [2.24, 2.45) is 0 Å². The van der Waals surface area contributed by atoms with Gasteiger partial charge in [0.1, 0.15) is 6.54 Å². The topological polar surface area (TPSA) is 47.2 Å². The Morgan fingerprint density at radius 1 is 1.03 bits per heavy atom. The lowest BCUT2D eigenvalue weighted by atomic mass is 9.93. The van der Waals surface area contributed by atoms with Crippen molar-refractivity contribution in [2.75, 3.05) is 0 Å². The van der Waals surface area contributed by atoms with E-state index in [1.165, 1.54) is 6.42 Å².